The Morgan fingerprint density at radius 3 is 2.52 bits per heavy atom. The SMILES string of the molecule is COCCOc1ccc(/C=N\NC(=O)[C@@H](C#N)c2ccccc2)c2ccccc12. The number of hydrogen-bond acceptors (Lipinski definition) is 5. The number of nitrogens with one attached hydrogen (secondary N) is 1. The summed E-state index contributed by atoms with van der Waals surface area (Å²) in [6.45, 7) is 0.962. The Morgan fingerprint density at radius 1 is 1.07 bits per heavy atom. The summed E-state index contributed by atoms with van der Waals surface area (Å²) in [5, 5.41) is 15.3. The Labute approximate surface area is 169 Å². The summed E-state index contributed by atoms with van der Waals surface area (Å²) in [7, 11) is 1.63. The van der Waals surface area contributed by atoms with Crippen molar-refractivity contribution in [2.75, 3.05) is 20.3 Å². The molecule has 0 saturated heterocycles. The van der Waals surface area contributed by atoms with Gasteiger partial charge in [0.25, 0.3) is 5.91 Å². The minimum absolute atomic E-state index is 0.457. The number of fused-ring (bicyclic) bond motifs is 1. The normalized spacial score (nSPS) is 11.9. The summed E-state index contributed by atoms with van der Waals surface area (Å²) in [5.74, 6) is -0.632. The number of hydrogen-bond donors (Lipinski definition) is 1. The Kier molecular flexibility index (Phi) is 6.93. The molecule has 0 aromatic heterocycles. The number of methoxy groups -OCH3 is 1. The molecule has 0 aliphatic rings. The van der Waals surface area contributed by atoms with Gasteiger partial charge in [-0.15, -0.1) is 0 Å². The van der Waals surface area contributed by atoms with Crippen molar-refractivity contribution in [2.24, 2.45) is 5.10 Å². The lowest BCUT2D eigenvalue weighted by Gasteiger charge is -2.11. The molecule has 1 N–H and O–H groups in total. The minimum Gasteiger partial charge on any atom is -0.491 e. The van der Waals surface area contributed by atoms with Gasteiger partial charge in [-0.2, -0.15) is 10.4 Å². The second kappa shape index (κ2) is 10.0. The van der Waals surface area contributed by atoms with Crippen LogP contribution in [0.1, 0.15) is 17.0 Å². The largest absolute Gasteiger partial charge is 0.491 e. The minimum atomic E-state index is -0.915. The molecule has 3 rings (SSSR count). The average Bonchev–Trinajstić information content (AvgIpc) is 2.76. The number of nitrogens with zero attached hydrogens (tertiary/aromatic N) is 2. The van der Waals surface area contributed by atoms with Gasteiger partial charge < -0.3 is 9.47 Å². The number of carbonyl (C=O) groups is 1. The maximum atomic E-state index is 12.4. The van der Waals surface area contributed by atoms with E-state index >= 15 is 0 Å². The predicted octanol–water partition coefficient (Wildman–Crippen LogP) is 3.62. The number of benzene rings is 3. The molecular weight excluding hydrogens is 366 g/mol. The second-order valence-electron chi connectivity index (χ2n) is 6.25. The van der Waals surface area contributed by atoms with Crippen LogP contribution in [0.5, 0.6) is 5.75 Å². The van der Waals surface area contributed by atoms with Crippen molar-refractivity contribution >= 4 is 22.9 Å². The predicted molar refractivity (Wildman–Crippen MR) is 112 cm³/mol. The first-order valence-electron chi connectivity index (χ1n) is 9.15. The zero-order valence-electron chi connectivity index (χ0n) is 16.0. The van der Waals surface area contributed by atoms with Gasteiger partial charge in [-0.25, -0.2) is 5.43 Å². The van der Waals surface area contributed by atoms with Crippen LogP contribution in [0.15, 0.2) is 71.8 Å². The molecule has 0 aliphatic heterocycles. The lowest BCUT2D eigenvalue weighted by atomic mass is 10.0. The van der Waals surface area contributed by atoms with Gasteiger partial charge in [-0.1, -0.05) is 54.6 Å². The first-order valence-corrected chi connectivity index (χ1v) is 9.15. The lowest BCUT2D eigenvalue weighted by Crippen LogP contribution is -2.24. The number of carbonyl (C=O) groups excluding carboxylic acids is 1. The standard InChI is InChI=1S/C23H21N3O3/c1-28-13-14-29-22-12-11-18(19-9-5-6-10-20(19)22)16-25-26-23(27)21(15-24)17-7-3-2-4-8-17/h2-12,16,21H,13-14H2,1H3,(H,26,27)/b25-16-/t21-/m0/s1. The van der Waals surface area contributed by atoms with E-state index in [4.69, 9.17) is 9.47 Å². The summed E-state index contributed by atoms with van der Waals surface area (Å²) < 4.78 is 10.8. The van der Waals surface area contributed by atoms with E-state index in [2.05, 4.69) is 10.5 Å². The molecular formula is C23H21N3O3. The Balaban J connectivity index is 1.76. The Morgan fingerprint density at radius 2 is 1.79 bits per heavy atom. The van der Waals surface area contributed by atoms with E-state index in [1.165, 1.54) is 0 Å². The number of hydrazone groups is 1. The van der Waals surface area contributed by atoms with Crippen molar-refractivity contribution in [3.63, 3.8) is 0 Å². The average molecular weight is 387 g/mol. The molecule has 0 heterocycles. The summed E-state index contributed by atoms with van der Waals surface area (Å²) in [4.78, 5) is 12.4. The van der Waals surface area contributed by atoms with Gasteiger partial charge in [-0.3, -0.25) is 4.79 Å². The number of nitriles is 1. The smallest absolute Gasteiger partial charge is 0.261 e. The van der Waals surface area contributed by atoms with Crippen molar-refractivity contribution in [1.29, 1.82) is 5.26 Å². The molecule has 0 radical (unpaired) electrons. The third-order valence-corrected chi connectivity index (χ3v) is 4.37. The van der Waals surface area contributed by atoms with E-state index < -0.39 is 11.8 Å². The van der Waals surface area contributed by atoms with Crippen LogP contribution in [0, 0.1) is 11.3 Å². The topological polar surface area (TPSA) is 83.7 Å². The Bertz CT molecular complexity index is 1040. The van der Waals surface area contributed by atoms with Gasteiger partial charge in [0.05, 0.1) is 18.9 Å². The number of amides is 1. The van der Waals surface area contributed by atoms with Crippen LogP contribution in [0.2, 0.25) is 0 Å². The molecule has 3 aromatic rings. The number of rotatable bonds is 8. The van der Waals surface area contributed by atoms with E-state index in [0.29, 0.717) is 18.8 Å². The quantitative estimate of drug-likeness (QED) is 0.363. The highest BCUT2D eigenvalue weighted by molar-refractivity contribution is 6.02. The Hall–Kier alpha value is -3.69. The fourth-order valence-corrected chi connectivity index (χ4v) is 2.93. The third-order valence-electron chi connectivity index (χ3n) is 4.37. The van der Waals surface area contributed by atoms with Crippen molar-refractivity contribution < 1.29 is 14.3 Å². The van der Waals surface area contributed by atoms with Gasteiger partial charge in [0, 0.05) is 18.1 Å². The molecule has 0 bridgehead atoms. The molecule has 0 aliphatic carbocycles. The first kappa shape index (κ1) is 20.1. The van der Waals surface area contributed by atoms with E-state index in [1.807, 2.05) is 48.5 Å². The van der Waals surface area contributed by atoms with Crippen LogP contribution in [-0.2, 0) is 9.53 Å². The van der Waals surface area contributed by atoms with Crippen LogP contribution in [0.25, 0.3) is 10.8 Å². The maximum Gasteiger partial charge on any atom is 0.261 e. The number of ether oxygens (including phenoxy) is 2. The van der Waals surface area contributed by atoms with Gasteiger partial charge in [-0.05, 0) is 23.1 Å². The molecule has 6 heteroatoms. The molecule has 0 unspecified atom stereocenters. The summed E-state index contributed by atoms with van der Waals surface area (Å²) in [6.07, 6.45) is 1.57. The van der Waals surface area contributed by atoms with E-state index in [1.54, 1.807) is 37.6 Å². The molecule has 6 nitrogen and oxygen atoms in total. The first-order chi connectivity index (χ1) is 14.2. The van der Waals surface area contributed by atoms with Gasteiger partial charge in [0.15, 0.2) is 5.92 Å². The van der Waals surface area contributed by atoms with Gasteiger partial charge in [0.2, 0.25) is 0 Å². The van der Waals surface area contributed by atoms with Crippen LogP contribution < -0.4 is 10.2 Å². The summed E-state index contributed by atoms with van der Waals surface area (Å²) in [6, 6.07) is 22.4. The third kappa shape index (κ3) is 4.98. The van der Waals surface area contributed by atoms with Crippen molar-refractivity contribution in [3.8, 4) is 11.8 Å². The maximum absolute atomic E-state index is 12.4. The summed E-state index contributed by atoms with van der Waals surface area (Å²) >= 11 is 0. The lowest BCUT2D eigenvalue weighted by molar-refractivity contribution is -0.121. The molecule has 1 amide bonds. The van der Waals surface area contributed by atoms with Crippen molar-refractivity contribution in [1.82, 2.24) is 5.43 Å². The monoisotopic (exact) mass is 387 g/mol. The fourth-order valence-electron chi connectivity index (χ4n) is 2.93. The summed E-state index contributed by atoms with van der Waals surface area (Å²) in [5.41, 5.74) is 3.92. The molecule has 0 spiro atoms. The molecule has 146 valence electrons. The van der Waals surface area contributed by atoms with Gasteiger partial charge >= 0.3 is 0 Å². The fraction of sp³-hybridized carbons (Fsp3) is 0.174. The zero-order valence-corrected chi connectivity index (χ0v) is 16.0. The van der Waals surface area contributed by atoms with E-state index in [-0.39, 0.29) is 0 Å². The molecule has 0 fully saturated rings. The van der Waals surface area contributed by atoms with E-state index in [0.717, 1.165) is 22.1 Å². The second-order valence-corrected chi connectivity index (χ2v) is 6.25. The van der Waals surface area contributed by atoms with E-state index in [9.17, 15) is 10.1 Å². The van der Waals surface area contributed by atoms with Crippen molar-refractivity contribution in [2.45, 2.75) is 5.92 Å². The highest BCUT2D eigenvalue weighted by Crippen LogP contribution is 2.27. The molecule has 1 atom stereocenters. The molecule has 3 aromatic carbocycles. The molecule has 0 saturated carbocycles. The van der Waals surface area contributed by atoms with Crippen LogP contribution in [-0.4, -0.2) is 32.4 Å². The van der Waals surface area contributed by atoms with Crippen LogP contribution in [0.4, 0.5) is 0 Å². The van der Waals surface area contributed by atoms with Crippen LogP contribution in [0.3, 0.4) is 0 Å². The highest BCUT2D eigenvalue weighted by atomic mass is 16.5. The van der Waals surface area contributed by atoms with Crippen LogP contribution >= 0.6 is 0 Å². The molecule has 29 heavy (non-hydrogen) atoms. The zero-order chi connectivity index (χ0) is 20.5. The highest BCUT2D eigenvalue weighted by Gasteiger charge is 2.19. The van der Waals surface area contributed by atoms with Gasteiger partial charge in [0.1, 0.15) is 12.4 Å². The van der Waals surface area contributed by atoms with Crippen molar-refractivity contribution in [3.05, 3.63) is 77.9 Å².